The number of hydrogen-bond acceptors (Lipinski definition) is 4. The van der Waals surface area contributed by atoms with Gasteiger partial charge in [0.2, 0.25) is 5.95 Å². The summed E-state index contributed by atoms with van der Waals surface area (Å²) in [5.41, 5.74) is -0.424. The highest BCUT2D eigenvalue weighted by Gasteiger charge is 2.33. The van der Waals surface area contributed by atoms with Gasteiger partial charge >= 0.3 is 6.18 Å². The van der Waals surface area contributed by atoms with Gasteiger partial charge in [0.25, 0.3) is 0 Å². The van der Waals surface area contributed by atoms with Crippen LogP contribution in [0.5, 0.6) is 5.75 Å². The number of anilines is 1. The molecule has 0 amide bonds. The van der Waals surface area contributed by atoms with Crippen molar-refractivity contribution in [2.75, 3.05) is 11.4 Å². The molecule has 1 N–H and O–H groups in total. The Labute approximate surface area is 133 Å². The summed E-state index contributed by atoms with van der Waals surface area (Å²) in [6, 6.07) is 5.72. The van der Waals surface area contributed by atoms with Crippen LogP contribution in [-0.2, 0) is 12.7 Å². The quantitative estimate of drug-likeness (QED) is 0.877. The molecule has 0 unspecified atom stereocenters. The van der Waals surface area contributed by atoms with Gasteiger partial charge in [0.15, 0.2) is 0 Å². The van der Waals surface area contributed by atoms with E-state index in [1.807, 2.05) is 0 Å². The molecule has 0 saturated heterocycles. The summed E-state index contributed by atoms with van der Waals surface area (Å²) in [6.07, 6.45) is -3.44. The Hall–Kier alpha value is -1.83. The van der Waals surface area contributed by atoms with Crippen molar-refractivity contribution in [1.82, 2.24) is 9.97 Å². The van der Waals surface area contributed by atoms with E-state index in [4.69, 9.17) is 0 Å². The second-order valence-electron chi connectivity index (χ2n) is 4.53. The van der Waals surface area contributed by atoms with Crippen molar-refractivity contribution < 1.29 is 18.3 Å². The van der Waals surface area contributed by atoms with Gasteiger partial charge < -0.3 is 10.0 Å². The van der Waals surface area contributed by atoms with E-state index in [9.17, 15) is 18.3 Å². The molecule has 1 aromatic heterocycles. The number of aromatic nitrogens is 2. The first kappa shape index (κ1) is 16.5. The molecule has 4 nitrogen and oxygen atoms in total. The number of benzene rings is 1. The van der Waals surface area contributed by atoms with Gasteiger partial charge in [-0.3, -0.25) is 0 Å². The Bertz CT molecular complexity index is 664. The predicted octanol–water partition coefficient (Wildman–Crippen LogP) is 3.99. The molecule has 0 atom stereocenters. The molecule has 0 fully saturated rings. The number of phenols is 1. The topological polar surface area (TPSA) is 49.2 Å². The first-order chi connectivity index (χ1) is 10.3. The van der Waals surface area contributed by atoms with Crippen molar-refractivity contribution in [3.63, 3.8) is 0 Å². The molecule has 2 rings (SSSR count). The monoisotopic (exact) mass is 375 g/mol. The lowest BCUT2D eigenvalue weighted by Crippen LogP contribution is -2.25. The Kier molecular flexibility index (Phi) is 4.90. The van der Waals surface area contributed by atoms with Crippen LogP contribution in [0.3, 0.4) is 0 Å². The van der Waals surface area contributed by atoms with Crippen LogP contribution in [0.2, 0.25) is 0 Å². The van der Waals surface area contributed by atoms with Gasteiger partial charge in [0.05, 0.1) is 0 Å². The number of alkyl halides is 3. The summed E-state index contributed by atoms with van der Waals surface area (Å²) < 4.78 is 38.9. The Balaban J connectivity index is 2.31. The first-order valence-corrected chi connectivity index (χ1v) is 7.23. The van der Waals surface area contributed by atoms with Crippen LogP contribution in [-0.4, -0.2) is 21.6 Å². The second kappa shape index (κ2) is 6.51. The largest absolute Gasteiger partial charge is 0.508 e. The number of phenolic OH excluding ortho intramolecular Hbond substituents is 1. The first-order valence-electron chi connectivity index (χ1n) is 6.44. The van der Waals surface area contributed by atoms with E-state index in [1.165, 1.54) is 6.07 Å². The minimum atomic E-state index is -4.52. The van der Waals surface area contributed by atoms with Gasteiger partial charge in [-0.2, -0.15) is 13.2 Å². The highest BCUT2D eigenvalue weighted by Crippen LogP contribution is 2.29. The average Bonchev–Trinajstić information content (AvgIpc) is 2.47. The fraction of sp³-hybridized carbons (Fsp3) is 0.286. The van der Waals surface area contributed by atoms with Crippen LogP contribution in [0.25, 0.3) is 0 Å². The number of rotatable bonds is 4. The normalized spacial score (nSPS) is 11.5. The van der Waals surface area contributed by atoms with E-state index in [-0.39, 0.29) is 18.2 Å². The molecule has 0 spiro atoms. The molecule has 22 heavy (non-hydrogen) atoms. The minimum absolute atomic E-state index is 0.0308. The van der Waals surface area contributed by atoms with Gasteiger partial charge in [-0.25, -0.2) is 9.97 Å². The van der Waals surface area contributed by atoms with Gasteiger partial charge in [-0.15, -0.1) is 0 Å². The van der Waals surface area contributed by atoms with Gasteiger partial charge in [0.1, 0.15) is 11.4 Å². The third-order valence-corrected chi connectivity index (χ3v) is 3.49. The Morgan fingerprint density at radius 1 is 1.27 bits per heavy atom. The SMILES string of the molecule is CCN(Cc1cc(Br)ccc1O)c1nccc(C(F)(F)F)n1. The zero-order chi connectivity index (χ0) is 16.3. The van der Waals surface area contributed by atoms with Gasteiger partial charge in [0, 0.05) is 29.3 Å². The zero-order valence-corrected chi connectivity index (χ0v) is 13.2. The van der Waals surface area contributed by atoms with Gasteiger partial charge in [-0.1, -0.05) is 15.9 Å². The van der Waals surface area contributed by atoms with E-state index in [1.54, 1.807) is 24.0 Å². The highest BCUT2D eigenvalue weighted by atomic mass is 79.9. The maximum absolute atomic E-state index is 12.7. The summed E-state index contributed by atoms with van der Waals surface area (Å²) in [6.45, 7) is 2.37. The maximum atomic E-state index is 12.7. The molecular formula is C14H13BrF3N3O. The second-order valence-corrected chi connectivity index (χ2v) is 5.44. The van der Waals surface area contributed by atoms with E-state index < -0.39 is 11.9 Å². The molecule has 0 radical (unpaired) electrons. The molecular weight excluding hydrogens is 363 g/mol. The molecule has 2 aromatic rings. The fourth-order valence-corrected chi connectivity index (χ4v) is 2.28. The van der Waals surface area contributed by atoms with Crippen molar-refractivity contribution in [1.29, 1.82) is 0 Å². The smallest absolute Gasteiger partial charge is 0.433 e. The molecule has 0 saturated carbocycles. The third-order valence-electron chi connectivity index (χ3n) is 3.00. The summed E-state index contributed by atoms with van der Waals surface area (Å²) in [4.78, 5) is 9.01. The number of nitrogens with zero attached hydrogens (tertiary/aromatic N) is 3. The molecule has 1 aromatic carbocycles. The van der Waals surface area contributed by atoms with E-state index >= 15 is 0 Å². The van der Waals surface area contributed by atoms with Crippen LogP contribution in [0.1, 0.15) is 18.2 Å². The Morgan fingerprint density at radius 3 is 2.64 bits per heavy atom. The standard InChI is InChI=1S/C14H13BrF3N3O/c1-2-21(8-9-7-10(15)3-4-11(9)22)13-19-6-5-12(20-13)14(16,17)18/h3-7,22H,2,8H2,1H3. The molecule has 0 aliphatic carbocycles. The molecule has 0 aliphatic rings. The van der Waals surface area contributed by atoms with Gasteiger partial charge in [-0.05, 0) is 31.2 Å². The molecule has 0 aliphatic heterocycles. The van der Waals surface area contributed by atoms with E-state index in [0.29, 0.717) is 12.1 Å². The van der Waals surface area contributed by atoms with Crippen LogP contribution >= 0.6 is 15.9 Å². The molecule has 8 heteroatoms. The average molecular weight is 376 g/mol. The highest BCUT2D eigenvalue weighted by molar-refractivity contribution is 9.10. The number of aromatic hydroxyl groups is 1. The number of halogens is 4. The van der Waals surface area contributed by atoms with Crippen molar-refractivity contribution in [3.05, 3.63) is 46.2 Å². The van der Waals surface area contributed by atoms with Crippen molar-refractivity contribution in [2.24, 2.45) is 0 Å². The van der Waals surface area contributed by atoms with Crippen LogP contribution in [0.15, 0.2) is 34.9 Å². The summed E-state index contributed by atoms with van der Waals surface area (Å²) in [7, 11) is 0. The summed E-state index contributed by atoms with van der Waals surface area (Å²) >= 11 is 3.29. The Morgan fingerprint density at radius 2 is 2.00 bits per heavy atom. The molecule has 118 valence electrons. The molecule has 1 heterocycles. The minimum Gasteiger partial charge on any atom is -0.508 e. The summed E-state index contributed by atoms with van der Waals surface area (Å²) in [5.74, 6) is 0.0327. The van der Waals surface area contributed by atoms with Crippen LogP contribution < -0.4 is 4.90 Å². The van der Waals surface area contributed by atoms with Crippen molar-refractivity contribution >= 4 is 21.9 Å². The molecule has 0 bridgehead atoms. The predicted molar refractivity (Wildman–Crippen MR) is 79.6 cm³/mol. The van der Waals surface area contributed by atoms with Crippen LogP contribution in [0, 0.1) is 0 Å². The van der Waals surface area contributed by atoms with Crippen LogP contribution in [0.4, 0.5) is 19.1 Å². The van der Waals surface area contributed by atoms with E-state index in [0.717, 1.165) is 16.7 Å². The third kappa shape index (κ3) is 3.88. The van der Waals surface area contributed by atoms with Crippen molar-refractivity contribution in [2.45, 2.75) is 19.6 Å². The number of hydrogen-bond donors (Lipinski definition) is 1. The lowest BCUT2D eigenvalue weighted by molar-refractivity contribution is -0.141. The van der Waals surface area contributed by atoms with Crippen molar-refractivity contribution in [3.8, 4) is 5.75 Å². The van der Waals surface area contributed by atoms with E-state index in [2.05, 4.69) is 25.9 Å². The zero-order valence-electron chi connectivity index (χ0n) is 11.6. The lowest BCUT2D eigenvalue weighted by atomic mass is 10.2. The maximum Gasteiger partial charge on any atom is 0.433 e. The summed E-state index contributed by atoms with van der Waals surface area (Å²) in [5, 5.41) is 9.84. The fourth-order valence-electron chi connectivity index (χ4n) is 1.87. The lowest BCUT2D eigenvalue weighted by Gasteiger charge is -2.22.